The molecule has 1 amide bonds. The second kappa shape index (κ2) is 6.20. The average molecular weight is 262 g/mol. The van der Waals surface area contributed by atoms with Crippen LogP contribution in [-0.2, 0) is 17.6 Å². The summed E-state index contributed by atoms with van der Waals surface area (Å²) >= 11 is 0. The van der Waals surface area contributed by atoms with E-state index in [0.717, 1.165) is 29.7 Å². The van der Waals surface area contributed by atoms with Crippen LogP contribution in [0, 0.1) is 5.41 Å². The van der Waals surface area contributed by atoms with E-state index in [0.29, 0.717) is 0 Å². The molecular weight excluding hydrogens is 236 g/mol. The highest BCUT2D eigenvalue weighted by molar-refractivity contribution is 5.96. The lowest BCUT2D eigenvalue weighted by Crippen LogP contribution is -2.45. The largest absolute Gasteiger partial charge is 0.324 e. The first-order valence-corrected chi connectivity index (χ1v) is 6.98. The molecular formula is C16H26N2O. The second-order valence-corrected chi connectivity index (χ2v) is 5.99. The molecule has 0 aromatic heterocycles. The first-order valence-electron chi connectivity index (χ1n) is 6.98. The summed E-state index contributed by atoms with van der Waals surface area (Å²) in [6.07, 6.45) is 1.79. The number of aryl methyl sites for hydroxylation is 2. The van der Waals surface area contributed by atoms with E-state index in [-0.39, 0.29) is 11.3 Å². The van der Waals surface area contributed by atoms with Gasteiger partial charge in [-0.15, -0.1) is 0 Å². The van der Waals surface area contributed by atoms with Gasteiger partial charge in [-0.2, -0.15) is 0 Å². The maximum Gasteiger partial charge on any atom is 0.241 e. The van der Waals surface area contributed by atoms with Crippen LogP contribution < -0.4 is 11.1 Å². The van der Waals surface area contributed by atoms with Gasteiger partial charge < -0.3 is 11.1 Å². The summed E-state index contributed by atoms with van der Waals surface area (Å²) < 4.78 is 0. The molecule has 0 bridgehead atoms. The Bertz CT molecular complexity index is 424. The number of nitrogens with two attached hydrogens (primary N) is 1. The summed E-state index contributed by atoms with van der Waals surface area (Å²) in [5.74, 6) is -0.108. The number of nitrogens with one attached hydrogen (secondary N) is 1. The first-order chi connectivity index (χ1) is 8.81. The van der Waals surface area contributed by atoms with Crippen LogP contribution in [0.3, 0.4) is 0 Å². The van der Waals surface area contributed by atoms with Crippen molar-refractivity contribution in [2.75, 3.05) is 5.32 Å². The van der Waals surface area contributed by atoms with Gasteiger partial charge in [-0.1, -0.05) is 52.8 Å². The number of benzene rings is 1. The van der Waals surface area contributed by atoms with Crippen LogP contribution in [0.4, 0.5) is 5.69 Å². The summed E-state index contributed by atoms with van der Waals surface area (Å²) in [6, 6.07) is 5.63. The molecule has 0 heterocycles. The van der Waals surface area contributed by atoms with Crippen molar-refractivity contribution in [1.29, 1.82) is 0 Å². The number of hydrogen-bond acceptors (Lipinski definition) is 2. The van der Waals surface area contributed by atoms with E-state index in [1.54, 1.807) is 0 Å². The molecule has 0 aliphatic rings. The zero-order valence-electron chi connectivity index (χ0n) is 12.7. The summed E-state index contributed by atoms with van der Waals surface area (Å²) in [6.45, 7) is 10.1. The van der Waals surface area contributed by atoms with Gasteiger partial charge in [0.15, 0.2) is 0 Å². The minimum Gasteiger partial charge on any atom is -0.324 e. The molecule has 19 heavy (non-hydrogen) atoms. The van der Waals surface area contributed by atoms with Gasteiger partial charge in [-0.3, -0.25) is 4.79 Å². The van der Waals surface area contributed by atoms with E-state index in [1.807, 2.05) is 26.8 Å². The van der Waals surface area contributed by atoms with E-state index in [2.05, 4.69) is 31.3 Å². The van der Waals surface area contributed by atoms with Crippen molar-refractivity contribution in [3.63, 3.8) is 0 Å². The molecule has 1 atom stereocenters. The van der Waals surface area contributed by atoms with Gasteiger partial charge in [0.1, 0.15) is 0 Å². The van der Waals surface area contributed by atoms with Crippen molar-refractivity contribution >= 4 is 11.6 Å². The predicted molar refractivity (Wildman–Crippen MR) is 81.3 cm³/mol. The number of anilines is 1. The zero-order valence-corrected chi connectivity index (χ0v) is 12.7. The summed E-state index contributed by atoms with van der Waals surface area (Å²) in [5.41, 5.74) is 9.04. The molecule has 1 aromatic rings. The lowest BCUT2D eigenvalue weighted by molar-refractivity contribution is -0.119. The maximum atomic E-state index is 12.3. The molecule has 1 unspecified atom stereocenters. The van der Waals surface area contributed by atoms with E-state index in [1.165, 1.54) is 0 Å². The van der Waals surface area contributed by atoms with Crippen molar-refractivity contribution in [2.45, 2.75) is 53.5 Å². The van der Waals surface area contributed by atoms with E-state index in [9.17, 15) is 4.79 Å². The van der Waals surface area contributed by atoms with Gasteiger partial charge in [-0.25, -0.2) is 0 Å². The maximum absolute atomic E-state index is 12.3. The van der Waals surface area contributed by atoms with E-state index in [4.69, 9.17) is 5.73 Å². The molecule has 0 fully saturated rings. The Kier molecular flexibility index (Phi) is 5.12. The van der Waals surface area contributed by atoms with Crippen LogP contribution in [0.2, 0.25) is 0 Å². The minimum absolute atomic E-state index is 0.108. The molecule has 1 rings (SSSR count). The number of rotatable bonds is 4. The van der Waals surface area contributed by atoms with Crippen molar-refractivity contribution in [3.05, 3.63) is 29.3 Å². The van der Waals surface area contributed by atoms with Gasteiger partial charge in [-0.05, 0) is 29.4 Å². The standard InChI is InChI=1S/C16H26N2O/c1-6-11-9-8-10-12(7-2)13(11)18-15(19)14(17)16(3,4)5/h8-10,14H,6-7,17H2,1-5H3,(H,18,19). The smallest absolute Gasteiger partial charge is 0.241 e. The Labute approximate surface area is 116 Å². The van der Waals surface area contributed by atoms with Gasteiger partial charge >= 0.3 is 0 Å². The normalized spacial score (nSPS) is 13.2. The fraction of sp³-hybridized carbons (Fsp3) is 0.562. The summed E-state index contributed by atoms with van der Waals surface area (Å²) in [4.78, 5) is 12.3. The van der Waals surface area contributed by atoms with Crippen LogP contribution in [0.15, 0.2) is 18.2 Å². The van der Waals surface area contributed by atoms with E-state index < -0.39 is 6.04 Å². The molecule has 3 N–H and O–H groups in total. The highest BCUT2D eigenvalue weighted by atomic mass is 16.2. The molecule has 0 spiro atoms. The minimum atomic E-state index is -0.512. The molecule has 3 heteroatoms. The number of para-hydroxylation sites is 1. The molecule has 0 aliphatic carbocycles. The van der Waals surface area contributed by atoms with Gasteiger partial charge in [0.25, 0.3) is 0 Å². The topological polar surface area (TPSA) is 55.1 Å². The third kappa shape index (κ3) is 3.80. The average Bonchev–Trinajstić information content (AvgIpc) is 2.36. The van der Waals surface area contributed by atoms with Crippen molar-refractivity contribution < 1.29 is 4.79 Å². The summed E-state index contributed by atoms with van der Waals surface area (Å²) in [7, 11) is 0. The second-order valence-electron chi connectivity index (χ2n) is 5.99. The van der Waals surface area contributed by atoms with Crippen molar-refractivity contribution in [1.82, 2.24) is 0 Å². The fourth-order valence-electron chi connectivity index (χ4n) is 2.00. The fourth-order valence-corrected chi connectivity index (χ4v) is 2.00. The number of carbonyl (C=O) groups excluding carboxylic acids is 1. The van der Waals surface area contributed by atoms with Crippen LogP contribution in [-0.4, -0.2) is 11.9 Å². The molecule has 3 nitrogen and oxygen atoms in total. The molecule has 0 saturated heterocycles. The molecule has 106 valence electrons. The third-order valence-corrected chi connectivity index (χ3v) is 3.46. The molecule has 1 aromatic carbocycles. The molecule has 0 aliphatic heterocycles. The molecule has 0 radical (unpaired) electrons. The van der Waals surface area contributed by atoms with Crippen LogP contribution in [0.5, 0.6) is 0 Å². The van der Waals surface area contributed by atoms with Crippen molar-refractivity contribution in [3.8, 4) is 0 Å². The Balaban J connectivity index is 3.02. The highest BCUT2D eigenvalue weighted by Crippen LogP contribution is 2.24. The number of amides is 1. The van der Waals surface area contributed by atoms with Crippen LogP contribution in [0.1, 0.15) is 45.7 Å². The lowest BCUT2D eigenvalue weighted by Gasteiger charge is -2.26. The van der Waals surface area contributed by atoms with Gasteiger partial charge in [0, 0.05) is 5.69 Å². The predicted octanol–water partition coefficient (Wildman–Crippen LogP) is 3.12. The Morgan fingerprint density at radius 3 is 2.05 bits per heavy atom. The van der Waals surface area contributed by atoms with Crippen LogP contribution >= 0.6 is 0 Å². The Morgan fingerprint density at radius 1 is 1.21 bits per heavy atom. The monoisotopic (exact) mass is 262 g/mol. The zero-order chi connectivity index (χ0) is 14.6. The highest BCUT2D eigenvalue weighted by Gasteiger charge is 2.28. The van der Waals surface area contributed by atoms with E-state index >= 15 is 0 Å². The third-order valence-electron chi connectivity index (χ3n) is 3.46. The lowest BCUT2D eigenvalue weighted by atomic mass is 9.86. The quantitative estimate of drug-likeness (QED) is 0.876. The molecule has 0 saturated carbocycles. The number of carbonyl (C=O) groups is 1. The first kappa shape index (κ1) is 15.7. The Hall–Kier alpha value is -1.35. The number of hydrogen-bond donors (Lipinski definition) is 2. The SMILES string of the molecule is CCc1cccc(CC)c1NC(=O)C(N)C(C)(C)C. The summed E-state index contributed by atoms with van der Waals surface area (Å²) in [5, 5.41) is 3.02. The van der Waals surface area contributed by atoms with Gasteiger partial charge in [0.2, 0.25) is 5.91 Å². The van der Waals surface area contributed by atoms with Gasteiger partial charge in [0.05, 0.1) is 6.04 Å². The Morgan fingerprint density at radius 2 is 1.68 bits per heavy atom. The van der Waals surface area contributed by atoms with Crippen LogP contribution in [0.25, 0.3) is 0 Å². The van der Waals surface area contributed by atoms with Crippen molar-refractivity contribution in [2.24, 2.45) is 11.1 Å².